The highest BCUT2D eigenvalue weighted by Gasteiger charge is 2.30. The Hall–Kier alpha value is -2.08. The van der Waals surface area contributed by atoms with E-state index >= 15 is 0 Å². The Morgan fingerprint density at radius 1 is 1.11 bits per heavy atom. The molecule has 3 rings (SSSR count). The van der Waals surface area contributed by atoms with Crippen LogP contribution in [-0.4, -0.2) is 68.0 Å². The highest BCUT2D eigenvalue weighted by molar-refractivity contribution is 5.80. The quantitative estimate of drug-likeness (QED) is 0.790. The number of hydrogen-bond acceptors (Lipinski definition) is 4. The van der Waals surface area contributed by atoms with Crippen LogP contribution < -0.4 is 10.1 Å². The van der Waals surface area contributed by atoms with Crippen LogP contribution in [0.1, 0.15) is 31.2 Å². The molecule has 27 heavy (non-hydrogen) atoms. The molecule has 1 aromatic rings. The van der Waals surface area contributed by atoms with E-state index in [1.54, 1.807) is 7.11 Å². The molecule has 0 bridgehead atoms. The van der Waals surface area contributed by atoms with Crippen molar-refractivity contribution >= 4 is 11.8 Å². The van der Waals surface area contributed by atoms with Crippen LogP contribution in [0.5, 0.6) is 5.75 Å². The van der Waals surface area contributed by atoms with Crippen LogP contribution in [0.15, 0.2) is 24.3 Å². The Bertz CT molecular complexity index is 645. The van der Waals surface area contributed by atoms with Gasteiger partial charge in [-0.3, -0.25) is 14.5 Å². The van der Waals surface area contributed by atoms with Gasteiger partial charge < -0.3 is 15.0 Å². The van der Waals surface area contributed by atoms with E-state index in [4.69, 9.17) is 4.74 Å². The summed E-state index contributed by atoms with van der Waals surface area (Å²) in [5, 5.41) is 3.00. The second-order valence-corrected chi connectivity index (χ2v) is 7.49. The number of ether oxygens (including phenoxy) is 1. The number of rotatable bonds is 7. The summed E-state index contributed by atoms with van der Waals surface area (Å²) in [6, 6.07) is 7.88. The van der Waals surface area contributed by atoms with Gasteiger partial charge in [-0.2, -0.15) is 0 Å². The number of nitrogens with zero attached hydrogens (tertiary/aromatic N) is 2. The molecule has 6 nitrogen and oxygen atoms in total. The normalized spacial score (nSPS) is 18.5. The molecule has 0 atom stereocenters. The lowest BCUT2D eigenvalue weighted by atomic mass is 9.84. The summed E-state index contributed by atoms with van der Waals surface area (Å²) >= 11 is 0. The van der Waals surface area contributed by atoms with E-state index < -0.39 is 0 Å². The summed E-state index contributed by atoms with van der Waals surface area (Å²) in [6.45, 7) is 4.20. The summed E-state index contributed by atoms with van der Waals surface area (Å²) in [7, 11) is 1.66. The van der Waals surface area contributed by atoms with Gasteiger partial charge in [-0.05, 0) is 37.3 Å². The van der Waals surface area contributed by atoms with Crippen molar-refractivity contribution in [3.63, 3.8) is 0 Å². The Morgan fingerprint density at radius 2 is 1.93 bits per heavy atom. The Balaban J connectivity index is 1.38. The molecule has 2 fully saturated rings. The fourth-order valence-electron chi connectivity index (χ4n) is 3.77. The summed E-state index contributed by atoms with van der Waals surface area (Å²) in [5.41, 5.74) is 1.10. The summed E-state index contributed by atoms with van der Waals surface area (Å²) in [4.78, 5) is 28.9. The minimum Gasteiger partial charge on any atom is -0.496 e. The van der Waals surface area contributed by atoms with Gasteiger partial charge in [0, 0.05) is 38.6 Å². The van der Waals surface area contributed by atoms with Crippen LogP contribution in [0.4, 0.5) is 0 Å². The van der Waals surface area contributed by atoms with Crippen molar-refractivity contribution in [1.29, 1.82) is 0 Å². The number of benzene rings is 1. The van der Waals surface area contributed by atoms with E-state index in [2.05, 4.69) is 10.2 Å². The van der Waals surface area contributed by atoms with Crippen LogP contribution in [0.3, 0.4) is 0 Å². The van der Waals surface area contributed by atoms with Crippen LogP contribution in [-0.2, 0) is 16.0 Å². The maximum absolute atomic E-state index is 12.4. The van der Waals surface area contributed by atoms with E-state index in [1.165, 1.54) is 6.42 Å². The molecular weight excluding hydrogens is 342 g/mol. The number of amides is 2. The number of hydrogen-bond donors (Lipinski definition) is 1. The number of carbonyl (C=O) groups is 2. The predicted molar refractivity (Wildman–Crippen MR) is 105 cm³/mol. The number of carbonyl (C=O) groups excluding carboxylic acids is 2. The first-order valence-corrected chi connectivity index (χ1v) is 10.1. The average molecular weight is 373 g/mol. The maximum Gasteiger partial charge on any atom is 0.234 e. The van der Waals surface area contributed by atoms with Gasteiger partial charge in [0.25, 0.3) is 0 Å². The zero-order valence-electron chi connectivity index (χ0n) is 16.3. The lowest BCUT2D eigenvalue weighted by Gasteiger charge is -2.31. The zero-order valence-corrected chi connectivity index (χ0v) is 16.3. The number of methoxy groups -OCH3 is 1. The molecular formula is C21H31N3O3. The molecule has 1 saturated heterocycles. The van der Waals surface area contributed by atoms with E-state index in [0.29, 0.717) is 19.0 Å². The Labute approximate surface area is 161 Å². The predicted octanol–water partition coefficient (Wildman–Crippen LogP) is 1.69. The van der Waals surface area contributed by atoms with Crippen molar-refractivity contribution in [1.82, 2.24) is 15.1 Å². The molecule has 2 amide bonds. The van der Waals surface area contributed by atoms with Crippen molar-refractivity contribution in [3.8, 4) is 5.75 Å². The van der Waals surface area contributed by atoms with Gasteiger partial charge in [0.05, 0.1) is 13.7 Å². The monoisotopic (exact) mass is 373 g/mol. The fourth-order valence-corrected chi connectivity index (χ4v) is 3.77. The smallest absolute Gasteiger partial charge is 0.234 e. The molecule has 1 N–H and O–H groups in total. The molecule has 0 unspecified atom stereocenters. The highest BCUT2D eigenvalue weighted by Crippen LogP contribution is 2.28. The van der Waals surface area contributed by atoms with Crippen LogP contribution in [0.2, 0.25) is 0 Å². The largest absolute Gasteiger partial charge is 0.496 e. The van der Waals surface area contributed by atoms with Crippen molar-refractivity contribution < 1.29 is 14.3 Å². The Morgan fingerprint density at radius 3 is 2.67 bits per heavy atom. The molecule has 1 aromatic carbocycles. The summed E-state index contributed by atoms with van der Waals surface area (Å²) < 4.78 is 5.34. The van der Waals surface area contributed by atoms with Crippen LogP contribution in [0, 0.1) is 5.92 Å². The molecule has 1 aliphatic heterocycles. The summed E-state index contributed by atoms with van der Waals surface area (Å²) in [5.74, 6) is 1.48. The fraction of sp³-hybridized carbons (Fsp3) is 0.619. The van der Waals surface area contributed by atoms with Crippen LogP contribution >= 0.6 is 0 Å². The van der Waals surface area contributed by atoms with Crippen molar-refractivity contribution in [2.24, 2.45) is 5.92 Å². The van der Waals surface area contributed by atoms with Gasteiger partial charge in [-0.1, -0.05) is 24.6 Å². The third kappa shape index (κ3) is 5.45. The standard InChI is InChI=1S/C21H31N3O3/c1-27-19-9-3-2-6-17(19)10-11-22-20(25)16-23-12-5-13-24(15-14-23)21(26)18-7-4-8-18/h2-3,6,9,18H,4-5,7-8,10-16H2,1H3,(H,22,25). The van der Waals surface area contributed by atoms with Gasteiger partial charge in [0.2, 0.25) is 11.8 Å². The summed E-state index contributed by atoms with van der Waals surface area (Å²) in [6.07, 6.45) is 4.97. The molecule has 1 aliphatic carbocycles. The average Bonchev–Trinajstić information content (AvgIpc) is 2.86. The molecule has 0 spiro atoms. The Kier molecular flexibility index (Phi) is 7.10. The highest BCUT2D eigenvalue weighted by atomic mass is 16.5. The molecule has 6 heteroatoms. The van der Waals surface area contributed by atoms with Gasteiger partial charge in [-0.15, -0.1) is 0 Å². The third-order valence-electron chi connectivity index (χ3n) is 5.63. The molecule has 148 valence electrons. The number of para-hydroxylation sites is 1. The van der Waals surface area contributed by atoms with E-state index in [9.17, 15) is 9.59 Å². The maximum atomic E-state index is 12.4. The lowest BCUT2D eigenvalue weighted by Crippen LogP contribution is -2.42. The molecule has 2 aliphatic rings. The van der Waals surface area contributed by atoms with Crippen molar-refractivity contribution in [2.45, 2.75) is 32.1 Å². The van der Waals surface area contributed by atoms with Gasteiger partial charge in [-0.25, -0.2) is 0 Å². The third-order valence-corrected chi connectivity index (χ3v) is 5.63. The van der Waals surface area contributed by atoms with Crippen molar-refractivity contribution in [2.75, 3.05) is 46.4 Å². The minimum absolute atomic E-state index is 0.0451. The second kappa shape index (κ2) is 9.74. The first-order valence-electron chi connectivity index (χ1n) is 10.1. The van der Waals surface area contributed by atoms with E-state index in [-0.39, 0.29) is 11.8 Å². The van der Waals surface area contributed by atoms with Gasteiger partial charge in [0.15, 0.2) is 0 Å². The number of nitrogens with one attached hydrogen (secondary N) is 1. The van der Waals surface area contributed by atoms with Crippen molar-refractivity contribution in [3.05, 3.63) is 29.8 Å². The lowest BCUT2D eigenvalue weighted by molar-refractivity contribution is -0.138. The molecule has 1 heterocycles. The SMILES string of the molecule is COc1ccccc1CCNC(=O)CN1CCCN(C(=O)C2CCC2)CC1. The molecule has 0 aromatic heterocycles. The molecule has 1 saturated carbocycles. The van der Waals surface area contributed by atoms with E-state index in [1.807, 2.05) is 29.2 Å². The minimum atomic E-state index is 0.0451. The van der Waals surface area contributed by atoms with E-state index in [0.717, 1.165) is 63.2 Å². The molecule has 0 radical (unpaired) electrons. The zero-order chi connectivity index (χ0) is 19.1. The second-order valence-electron chi connectivity index (χ2n) is 7.49. The van der Waals surface area contributed by atoms with Gasteiger partial charge in [0.1, 0.15) is 5.75 Å². The van der Waals surface area contributed by atoms with Gasteiger partial charge >= 0.3 is 0 Å². The van der Waals surface area contributed by atoms with Crippen LogP contribution in [0.25, 0.3) is 0 Å². The first kappa shape index (κ1) is 19.7. The topological polar surface area (TPSA) is 61.9 Å². The first-order chi connectivity index (χ1) is 13.2.